The van der Waals surface area contributed by atoms with Gasteiger partial charge >= 0.3 is 0 Å². The van der Waals surface area contributed by atoms with E-state index in [4.69, 9.17) is 6.42 Å². The summed E-state index contributed by atoms with van der Waals surface area (Å²) in [5.41, 5.74) is -0.127. The summed E-state index contributed by atoms with van der Waals surface area (Å²) >= 11 is 0. The third-order valence-electron chi connectivity index (χ3n) is 4.33. The summed E-state index contributed by atoms with van der Waals surface area (Å²) in [4.78, 5) is 26.2. The van der Waals surface area contributed by atoms with Crippen LogP contribution < -0.4 is 4.90 Å². The van der Waals surface area contributed by atoms with Gasteiger partial charge in [-0.25, -0.2) is 4.90 Å². The Bertz CT molecular complexity index is 562. The molecule has 0 aromatic heterocycles. The number of benzene rings is 1. The highest BCUT2D eigenvalue weighted by Gasteiger charge is 2.59. The minimum Gasteiger partial charge on any atom is -0.273 e. The molecule has 19 heavy (non-hydrogen) atoms. The van der Waals surface area contributed by atoms with E-state index in [2.05, 4.69) is 5.92 Å². The number of hydrogen-bond acceptors (Lipinski definition) is 2. The zero-order chi connectivity index (χ0) is 14.4. The summed E-state index contributed by atoms with van der Waals surface area (Å²) in [6.07, 6.45) is 5.30. The van der Waals surface area contributed by atoms with Crippen LogP contribution in [-0.4, -0.2) is 11.8 Å². The van der Waals surface area contributed by atoms with Gasteiger partial charge in [0.25, 0.3) is 0 Å². The lowest BCUT2D eigenvalue weighted by molar-refractivity contribution is -0.129. The highest BCUT2D eigenvalue weighted by Crippen LogP contribution is 2.48. The maximum atomic E-state index is 12.5. The third-order valence-corrected chi connectivity index (χ3v) is 4.33. The van der Waals surface area contributed by atoms with Crippen molar-refractivity contribution in [3.63, 3.8) is 0 Å². The first-order valence-corrected chi connectivity index (χ1v) is 6.19. The van der Waals surface area contributed by atoms with Crippen molar-refractivity contribution < 1.29 is 9.59 Å². The van der Waals surface area contributed by atoms with E-state index >= 15 is 0 Å². The van der Waals surface area contributed by atoms with E-state index in [0.29, 0.717) is 5.69 Å². The number of hydrogen-bond donors (Lipinski definition) is 0. The molecule has 1 aliphatic heterocycles. The lowest BCUT2D eigenvalue weighted by Gasteiger charge is -2.28. The third kappa shape index (κ3) is 1.67. The van der Waals surface area contributed by atoms with Crippen LogP contribution in [0.2, 0.25) is 0 Å². The highest BCUT2D eigenvalue weighted by atomic mass is 16.2. The summed E-state index contributed by atoms with van der Waals surface area (Å²) in [6.45, 7) is 7.23. The van der Waals surface area contributed by atoms with Gasteiger partial charge in [0.15, 0.2) is 0 Å². The second kappa shape index (κ2) is 3.96. The van der Waals surface area contributed by atoms with Gasteiger partial charge in [-0.15, -0.1) is 6.42 Å². The lowest BCUT2D eigenvalue weighted by atomic mass is 9.70. The zero-order valence-electron chi connectivity index (χ0n) is 11.7. The quantitative estimate of drug-likeness (QED) is 0.571. The number of amides is 2. The Morgan fingerprint density at radius 1 is 0.947 bits per heavy atom. The standard InChI is InChI=1S/C16H17NO2/c1-6-11-7-9-12(10-8-11)17-13(18)15(2,3)16(4,5)14(17)19/h1,7-10H,2-5H3. The number of carbonyl (C=O) groups is 2. The second-order valence-electron chi connectivity index (χ2n) is 5.89. The van der Waals surface area contributed by atoms with E-state index < -0.39 is 10.8 Å². The molecule has 0 spiro atoms. The molecule has 1 aliphatic rings. The van der Waals surface area contributed by atoms with Crippen LogP contribution in [0.4, 0.5) is 5.69 Å². The molecule has 1 aromatic rings. The van der Waals surface area contributed by atoms with E-state index in [0.717, 1.165) is 5.56 Å². The first kappa shape index (κ1) is 13.4. The van der Waals surface area contributed by atoms with E-state index in [1.165, 1.54) is 4.90 Å². The fourth-order valence-electron chi connectivity index (χ4n) is 2.13. The van der Waals surface area contributed by atoms with E-state index in [1.807, 2.05) is 27.7 Å². The predicted octanol–water partition coefficient (Wildman–Crippen LogP) is 2.59. The molecule has 0 atom stereocenters. The summed E-state index contributed by atoms with van der Waals surface area (Å²) in [7, 11) is 0. The van der Waals surface area contributed by atoms with Crippen LogP contribution in [0.5, 0.6) is 0 Å². The molecule has 98 valence electrons. The molecule has 0 unspecified atom stereocenters. The molecule has 1 fully saturated rings. The van der Waals surface area contributed by atoms with Crippen LogP contribution in [0.1, 0.15) is 33.3 Å². The normalized spacial score (nSPS) is 20.5. The van der Waals surface area contributed by atoms with Crippen LogP contribution in [-0.2, 0) is 9.59 Å². The summed E-state index contributed by atoms with van der Waals surface area (Å²) < 4.78 is 0. The van der Waals surface area contributed by atoms with Gasteiger partial charge in [-0.05, 0) is 52.0 Å². The Morgan fingerprint density at radius 2 is 1.37 bits per heavy atom. The minimum absolute atomic E-state index is 0.170. The molecule has 1 saturated heterocycles. The maximum absolute atomic E-state index is 12.5. The number of nitrogens with zero attached hydrogens (tertiary/aromatic N) is 1. The van der Waals surface area contributed by atoms with Gasteiger partial charge in [-0.2, -0.15) is 0 Å². The molecule has 0 bridgehead atoms. The van der Waals surface area contributed by atoms with Gasteiger partial charge in [0, 0.05) is 5.56 Å². The van der Waals surface area contributed by atoms with Crippen molar-refractivity contribution in [3.8, 4) is 12.3 Å². The van der Waals surface area contributed by atoms with Crippen LogP contribution in [0.15, 0.2) is 24.3 Å². The molecule has 2 rings (SSSR count). The van der Waals surface area contributed by atoms with Crippen molar-refractivity contribution in [3.05, 3.63) is 29.8 Å². The van der Waals surface area contributed by atoms with Crippen molar-refractivity contribution in [1.29, 1.82) is 0 Å². The lowest BCUT2D eigenvalue weighted by Crippen LogP contribution is -2.35. The molecule has 0 N–H and O–H groups in total. The van der Waals surface area contributed by atoms with Crippen LogP contribution in [0, 0.1) is 23.2 Å². The second-order valence-corrected chi connectivity index (χ2v) is 5.89. The SMILES string of the molecule is C#Cc1ccc(N2C(=O)C(C)(C)C(C)(C)C2=O)cc1. The van der Waals surface area contributed by atoms with Crippen LogP contribution >= 0.6 is 0 Å². The Kier molecular flexibility index (Phi) is 2.78. The van der Waals surface area contributed by atoms with Gasteiger partial charge in [-0.3, -0.25) is 9.59 Å². The van der Waals surface area contributed by atoms with Crippen molar-refractivity contribution in [2.75, 3.05) is 4.90 Å². The topological polar surface area (TPSA) is 37.4 Å². The number of terminal acetylenes is 1. The number of carbonyl (C=O) groups excluding carboxylic acids is 2. The Balaban J connectivity index is 2.49. The number of imide groups is 1. The minimum atomic E-state index is -0.713. The fourth-order valence-corrected chi connectivity index (χ4v) is 2.13. The Hall–Kier alpha value is -2.08. The predicted molar refractivity (Wildman–Crippen MR) is 74.4 cm³/mol. The average Bonchev–Trinajstić information content (AvgIpc) is 2.49. The smallest absolute Gasteiger partial charge is 0.240 e. The average molecular weight is 255 g/mol. The van der Waals surface area contributed by atoms with Crippen LogP contribution in [0.3, 0.4) is 0 Å². The van der Waals surface area contributed by atoms with Gasteiger partial charge in [0.2, 0.25) is 11.8 Å². The van der Waals surface area contributed by atoms with Crippen molar-refractivity contribution in [2.24, 2.45) is 10.8 Å². The molecule has 1 heterocycles. The monoisotopic (exact) mass is 255 g/mol. The fraction of sp³-hybridized carbons (Fsp3) is 0.375. The highest BCUT2D eigenvalue weighted by molar-refractivity contribution is 6.24. The molecule has 0 radical (unpaired) electrons. The zero-order valence-corrected chi connectivity index (χ0v) is 11.7. The van der Waals surface area contributed by atoms with Crippen molar-refractivity contribution in [1.82, 2.24) is 0 Å². The summed E-state index contributed by atoms with van der Waals surface area (Å²) in [5.74, 6) is 2.17. The Morgan fingerprint density at radius 3 is 1.74 bits per heavy atom. The number of anilines is 1. The molecule has 0 aliphatic carbocycles. The largest absolute Gasteiger partial charge is 0.273 e. The van der Waals surface area contributed by atoms with Crippen molar-refractivity contribution >= 4 is 17.5 Å². The van der Waals surface area contributed by atoms with Gasteiger partial charge in [0.05, 0.1) is 16.5 Å². The maximum Gasteiger partial charge on any atom is 0.240 e. The molecule has 1 aromatic carbocycles. The van der Waals surface area contributed by atoms with Gasteiger partial charge < -0.3 is 0 Å². The van der Waals surface area contributed by atoms with E-state index in [9.17, 15) is 9.59 Å². The number of rotatable bonds is 1. The van der Waals surface area contributed by atoms with E-state index in [-0.39, 0.29) is 11.8 Å². The van der Waals surface area contributed by atoms with E-state index in [1.54, 1.807) is 24.3 Å². The molecular formula is C16H17NO2. The molecular weight excluding hydrogens is 238 g/mol. The molecule has 0 saturated carbocycles. The molecule has 3 heteroatoms. The van der Waals surface area contributed by atoms with Crippen molar-refractivity contribution in [2.45, 2.75) is 27.7 Å². The van der Waals surface area contributed by atoms with Gasteiger partial charge in [-0.1, -0.05) is 5.92 Å². The molecule has 2 amide bonds. The molecule has 3 nitrogen and oxygen atoms in total. The summed E-state index contributed by atoms with van der Waals surface area (Å²) in [6, 6.07) is 6.88. The first-order valence-electron chi connectivity index (χ1n) is 6.19. The van der Waals surface area contributed by atoms with Crippen LogP contribution in [0.25, 0.3) is 0 Å². The van der Waals surface area contributed by atoms with Gasteiger partial charge in [0.1, 0.15) is 0 Å². The Labute approximate surface area is 113 Å². The first-order chi connectivity index (χ1) is 8.73. The summed E-state index contributed by atoms with van der Waals surface area (Å²) in [5, 5.41) is 0.